The molecule has 0 spiro atoms. The van der Waals surface area contributed by atoms with E-state index >= 15 is 0 Å². The van der Waals surface area contributed by atoms with Gasteiger partial charge in [-0.2, -0.15) is 4.31 Å². The second kappa shape index (κ2) is 12.2. The van der Waals surface area contributed by atoms with E-state index in [4.69, 9.17) is 23.2 Å². The molecule has 0 unspecified atom stereocenters. The molecule has 0 aliphatic heterocycles. The van der Waals surface area contributed by atoms with E-state index in [1.54, 1.807) is 31.2 Å². The standard InChI is InChI=1S/C25H31Cl2N3O4S/c1-18(25(32)28-22-6-4-3-5-7-22)30(16-19-8-10-20(26)11-9-19)24(31)17-29(2)35(33,34)23-14-12-21(27)13-15-23/h8-15,18,22H,3-7,16-17H2,1-2H3,(H,28,32)/t18-/m1/s1. The minimum absolute atomic E-state index is 0.0320. The largest absolute Gasteiger partial charge is 0.352 e. The van der Waals surface area contributed by atoms with Gasteiger partial charge in [0.2, 0.25) is 21.8 Å². The van der Waals surface area contributed by atoms with Crippen LogP contribution in [0.3, 0.4) is 0 Å². The number of nitrogens with one attached hydrogen (secondary N) is 1. The summed E-state index contributed by atoms with van der Waals surface area (Å²) in [6.07, 6.45) is 5.15. The van der Waals surface area contributed by atoms with Gasteiger partial charge >= 0.3 is 0 Å². The van der Waals surface area contributed by atoms with Crippen LogP contribution in [0.15, 0.2) is 53.4 Å². The minimum Gasteiger partial charge on any atom is -0.352 e. The van der Waals surface area contributed by atoms with Crippen LogP contribution >= 0.6 is 23.2 Å². The van der Waals surface area contributed by atoms with Gasteiger partial charge < -0.3 is 10.2 Å². The summed E-state index contributed by atoms with van der Waals surface area (Å²) in [5.74, 6) is -0.728. The number of sulfonamides is 1. The Bertz CT molecular complexity index is 1120. The zero-order valence-corrected chi connectivity index (χ0v) is 22.2. The number of carbonyl (C=O) groups excluding carboxylic acids is 2. The van der Waals surface area contributed by atoms with Gasteiger partial charge in [-0.25, -0.2) is 8.42 Å². The van der Waals surface area contributed by atoms with Gasteiger partial charge in [-0.15, -0.1) is 0 Å². The van der Waals surface area contributed by atoms with Crippen molar-refractivity contribution < 1.29 is 18.0 Å². The maximum atomic E-state index is 13.4. The fraction of sp³-hybridized carbons (Fsp3) is 0.440. The third-order valence-electron chi connectivity index (χ3n) is 6.26. The van der Waals surface area contributed by atoms with E-state index in [2.05, 4.69) is 5.32 Å². The Hall–Kier alpha value is -2.13. The molecule has 1 fully saturated rings. The molecule has 1 saturated carbocycles. The molecule has 0 saturated heterocycles. The van der Waals surface area contributed by atoms with Crippen LogP contribution in [0.2, 0.25) is 10.0 Å². The zero-order chi connectivity index (χ0) is 25.6. The summed E-state index contributed by atoms with van der Waals surface area (Å²) >= 11 is 11.9. The maximum Gasteiger partial charge on any atom is 0.243 e. The molecule has 2 aromatic carbocycles. The van der Waals surface area contributed by atoms with Crippen LogP contribution < -0.4 is 5.32 Å². The Balaban J connectivity index is 1.78. The first-order chi connectivity index (χ1) is 16.6. The van der Waals surface area contributed by atoms with Crippen LogP contribution in [-0.4, -0.2) is 55.1 Å². The van der Waals surface area contributed by atoms with Crippen molar-refractivity contribution in [2.45, 2.75) is 62.6 Å². The predicted molar refractivity (Wildman–Crippen MR) is 138 cm³/mol. The quantitative estimate of drug-likeness (QED) is 0.508. The topological polar surface area (TPSA) is 86.8 Å². The second-order valence-corrected chi connectivity index (χ2v) is 11.8. The Kier molecular flexibility index (Phi) is 9.58. The summed E-state index contributed by atoms with van der Waals surface area (Å²) in [5, 5.41) is 4.04. The van der Waals surface area contributed by atoms with Crippen molar-refractivity contribution in [1.82, 2.24) is 14.5 Å². The fourth-order valence-corrected chi connectivity index (χ4v) is 5.46. The number of hydrogen-bond donors (Lipinski definition) is 1. The van der Waals surface area contributed by atoms with Crippen LogP contribution in [0.5, 0.6) is 0 Å². The van der Waals surface area contributed by atoms with Gasteiger partial charge in [-0.1, -0.05) is 54.6 Å². The molecule has 1 N–H and O–H groups in total. The Morgan fingerprint density at radius 3 is 2.09 bits per heavy atom. The summed E-state index contributed by atoms with van der Waals surface area (Å²) in [7, 11) is -2.58. The third-order valence-corrected chi connectivity index (χ3v) is 8.59. The highest BCUT2D eigenvalue weighted by atomic mass is 35.5. The summed E-state index contributed by atoms with van der Waals surface area (Å²) in [5.41, 5.74) is 0.781. The zero-order valence-electron chi connectivity index (χ0n) is 19.9. The highest BCUT2D eigenvalue weighted by Gasteiger charge is 2.31. The van der Waals surface area contributed by atoms with Crippen molar-refractivity contribution in [2.24, 2.45) is 0 Å². The van der Waals surface area contributed by atoms with E-state index in [9.17, 15) is 18.0 Å². The minimum atomic E-state index is -3.92. The molecule has 10 heteroatoms. The number of rotatable bonds is 9. The fourth-order valence-electron chi connectivity index (χ4n) is 4.09. The Morgan fingerprint density at radius 2 is 1.51 bits per heavy atom. The summed E-state index contributed by atoms with van der Waals surface area (Å²) < 4.78 is 26.9. The first-order valence-corrected chi connectivity index (χ1v) is 13.8. The van der Waals surface area contributed by atoms with Crippen molar-refractivity contribution in [1.29, 1.82) is 0 Å². The van der Waals surface area contributed by atoms with Crippen LogP contribution in [0, 0.1) is 0 Å². The third kappa shape index (κ3) is 7.43. The summed E-state index contributed by atoms with van der Waals surface area (Å²) in [4.78, 5) is 27.9. The smallest absolute Gasteiger partial charge is 0.243 e. The summed E-state index contributed by atoms with van der Waals surface area (Å²) in [6.45, 7) is 1.39. The van der Waals surface area contributed by atoms with Gasteiger partial charge in [0.05, 0.1) is 11.4 Å². The van der Waals surface area contributed by atoms with Crippen molar-refractivity contribution >= 4 is 45.0 Å². The molecule has 7 nitrogen and oxygen atoms in total. The van der Waals surface area contributed by atoms with Crippen LogP contribution in [0.1, 0.15) is 44.6 Å². The first-order valence-electron chi connectivity index (χ1n) is 11.6. The Morgan fingerprint density at radius 1 is 0.971 bits per heavy atom. The van der Waals surface area contributed by atoms with Gasteiger partial charge in [0.15, 0.2) is 0 Å². The lowest BCUT2D eigenvalue weighted by Crippen LogP contribution is -2.52. The molecule has 0 aromatic heterocycles. The van der Waals surface area contributed by atoms with Gasteiger partial charge in [0.25, 0.3) is 0 Å². The normalized spacial score (nSPS) is 15.6. The SMILES string of the molecule is C[C@H](C(=O)NC1CCCCC1)N(Cc1ccc(Cl)cc1)C(=O)CN(C)S(=O)(=O)c1ccc(Cl)cc1. The highest BCUT2D eigenvalue weighted by molar-refractivity contribution is 7.89. The number of likely N-dealkylation sites (N-methyl/N-ethyl adjacent to an activating group) is 1. The van der Waals surface area contributed by atoms with Gasteiger partial charge in [0.1, 0.15) is 6.04 Å². The van der Waals surface area contributed by atoms with Crippen molar-refractivity contribution in [3.05, 3.63) is 64.1 Å². The predicted octanol–water partition coefficient (Wildman–Crippen LogP) is 4.48. The highest BCUT2D eigenvalue weighted by Crippen LogP contribution is 2.20. The van der Waals surface area contributed by atoms with Crippen LogP contribution in [0.4, 0.5) is 0 Å². The molecule has 1 aliphatic carbocycles. The molecule has 2 amide bonds. The number of halogens is 2. The molecule has 3 rings (SSSR count). The first kappa shape index (κ1) is 27.5. The second-order valence-electron chi connectivity index (χ2n) is 8.88. The van der Waals surface area contributed by atoms with E-state index in [0.717, 1.165) is 42.0 Å². The van der Waals surface area contributed by atoms with E-state index < -0.39 is 28.5 Å². The molecule has 0 heterocycles. The number of nitrogens with zero attached hydrogens (tertiary/aromatic N) is 2. The summed E-state index contributed by atoms with van der Waals surface area (Å²) in [6, 6.07) is 12.0. The monoisotopic (exact) mass is 539 g/mol. The Labute approximate surface area is 217 Å². The van der Waals surface area contributed by atoms with Gasteiger partial charge in [-0.3, -0.25) is 9.59 Å². The lowest BCUT2D eigenvalue weighted by molar-refractivity contribution is -0.141. The van der Waals surface area contributed by atoms with Crippen molar-refractivity contribution in [3.63, 3.8) is 0 Å². The molecule has 2 aromatic rings. The van der Waals surface area contributed by atoms with Crippen LogP contribution in [0.25, 0.3) is 0 Å². The lowest BCUT2D eigenvalue weighted by Gasteiger charge is -2.32. The molecular formula is C25H31Cl2N3O4S. The van der Waals surface area contributed by atoms with Crippen LogP contribution in [-0.2, 0) is 26.2 Å². The average Bonchev–Trinajstić information content (AvgIpc) is 2.84. The number of hydrogen-bond acceptors (Lipinski definition) is 4. The van der Waals surface area contributed by atoms with Crippen molar-refractivity contribution in [3.8, 4) is 0 Å². The molecule has 190 valence electrons. The lowest BCUT2D eigenvalue weighted by atomic mass is 9.95. The maximum absolute atomic E-state index is 13.4. The molecular weight excluding hydrogens is 509 g/mol. The van der Waals surface area contributed by atoms with Gasteiger partial charge in [-0.05, 0) is 61.7 Å². The van der Waals surface area contributed by atoms with E-state index in [-0.39, 0.29) is 23.4 Å². The number of benzene rings is 2. The molecule has 0 bridgehead atoms. The molecule has 35 heavy (non-hydrogen) atoms. The van der Waals surface area contributed by atoms with E-state index in [1.165, 1.54) is 36.2 Å². The van der Waals surface area contributed by atoms with Gasteiger partial charge in [0, 0.05) is 29.7 Å². The molecule has 1 atom stereocenters. The number of carbonyl (C=O) groups is 2. The molecule has 0 radical (unpaired) electrons. The molecule has 1 aliphatic rings. The van der Waals surface area contributed by atoms with E-state index in [1.807, 2.05) is 0 Å². The van der Waals surface area contributed by atoms with Crippen molar-refractivity contribution in [2.75, 3.05) is 13.6 Å². The van der Waals surface area contributed by atoms with E-state index in [0.29, 0.717) is 10.0 Å². The number of amides is 2. The average molecular weight is 541 g/mol.